The van der Waals surface area contributed by atoms with E-state index in [0.29, 0.717) is 34.4 Å². The maximum absolute atomic E-state index is 13.3. The summed E-state index contributed by atoms with van der Waals surface area (Å²) >= 11 is 1.42. The number of ether oxygens (including phenoxy) is 2. The molecule has 0 saturated carbocycles. The minimum absolute atomic E-state index is 0.0452. The van der Waals surface area contributed by atoms with E-state index in [0.717, 1.165) is 29.7 Å². The van der Waals surface area contributed by atoms with E-state index >= 15 is 0 Å². The molecule has 5 rings (SSSR count). The van der Waals surface area contributed by atoms with Gasteiger partial charge in [-0.25, -0.2) is 8.42 Å². The predicted octanol–water partition coefficient (Wildman–Crippen LogP) is 2.57. The van der Waals surface area contributed by atoms with Crippen molar-refractivity contribution in [1.82, 2.24) is 5.32 Å². The smallest absolute Gasteiger partial charge is 0.269 e. The van der Waals surface area contributed by atoms with Gasteiger partial charge in [-0.05, 0) is 49.3 Å². The molecule has 10 heteroatoms. The molecule has 2 N–H and O–H groups in total. The number of sulfone groups is 1. The molecule has 1 saturated heterocycles. The third kappa shape index (κ3) is 4.59. The molecule has 3 atom stereocenters. The highest BCUT2D eigenvalue weighted by Gasteiger charge is 2.34. The first-order valence-corrected chi connectivity index (χ1v) is 13.8. The average Bonchev–Trinajstić information content (AvgIpc) is 3.31. The van der Waals surface area contributed by atoms with Crippen molar-refractivity contribution in [2.75, 3.05) is 23.4 Å². The van der Waals surface area contributed by atoms with E-state index in [1.807, 2.05) is 12.1 Å². The van der Waals surface area contributed by atoms with Gasteiger partial charge in [0.15, 0.2) is 21.3 Å². The van der Waals surface area contributed by atoms with E-state index in [1.54, 1.807) is 12.1 Å². The van der Waals surface area contributed by atoms with Crippen molar-refractivity contribution in [2.45, 2.75) is 44.8 Å². The summed E-state index contributed by atoms with van der Waals surface area (Å²) in [7, 11) is -3.11. The van der Waals surface area contributed by atoms with Crippen LogP contribution in [0.25, 0.3) is 0 Å². The van der Waals surface area contributed by atoms with Crippen molar-refractivity contribution in [3.8, 4) is 11.5 Å². The van der Waals surface area contributed by atoms with Crippen LogP contribution in [0.2, 0.25) is 0 Å². The molecule has 176 valence electrons. The minimum Gasteiger partial charge on any atom is -0.485 e. The van der Waals surface area contributed by atoms with Gasteiger partial charge in [0.25, 0.3) is 11.8 Å². The number of hydrogen-bond acceptors (Lipinski definition) is 7. The number of anilines is 1. The summed E-state index contributed by atoms with van der Waals surface area (Å²) in [6, 6.07) is 6.76. The summed E-state index contributed by atoms with van der Waals surface area (Å²) in [4.78, 5) is 27.4. The van der Waals surface area contributed by atoms with Gasteiger partial charge in [0, 0.05) is 10.9 Å². The molecule has 2 amide bonds. The number of carbonyl (C=O) groups excluding carboxylic acids is 2. The summed E-state index contributed by atoms with van der Waals surface area (Å²) in [5, 5.41) is 6.27. The zero-order valence-corrected chi connectivity index (χ0v) is 19.9. The molecule has 2 aliphatic heterocycles. The highest BCUT2D eigenvalue weighted by Crippen LogP contribution is 2.40. The number of para-hydroxylation sites is 2. The van der Waals surface area contributed by atoms with Gasteiger partial charge in [-0.15, -0.1) is 11.3 Å². The summed E-state index contributed by atoms with van der Waals surface area (Å²) in [5.41, 5.74) is 1.41. The SMILES string of the molecule is C[C@H]1CCc2c(sc(NC(=O)[C@H]3COc4ccccc4O3)c2C(=O)N[C@@H]2CCS(=O)(=O)C2)C1. The molecular formula is C23H26N2O6S2. The molecule has 2 aromatic rings. The fourth-order valence-corrected chi connectivity index (χ4v) is 7.67. The first kappa shape index (κ1) is 22.2. The number of nitrogens with one attached hydrogen (secondary N) is 2. The average molecular weight is 491 g/mol. The molecule has 3 aliphatic rings. The Labute approximate surface area is 196 Å². The van der Waals surface area contributed by atoms with Crippen molar-refractivity contribution in [2.24, 2.45) is 5.92 Å². The molecule has 8 nitrogen and oxygen atoms in total. The summed E-state index contributed by atoms with van der Waals surface area (Å²) in [5.74, 6) is 0.927. The van der Waals surface area contributed by atoms with E-state index in [9.17, 15) is 18.0 Å². The topological polar surface area (TPSA) is 111 Å². The molecule has 1 aromatic carbocycles. The number of rotatable bonds is 4. The van der Waals surface area contributed by atoms with Gasteiger partial charge in [-0.1, -0.05) is 19.1 Å². The van der Waals surface area contributed by atoms with E-state index in [1.165, 1.54) is 11.3 Å². The van der Waals surface area contributed by atoms with Gasteiger partial charge in [0.2, 0.25) is 6.10 Å². The fraction of sp³-hybridized carbons (Fsp3) is 0.478. The van der Waals surface area contributed by atoms with Crippen molar-refractivity contribution >= 4 is 38.0 Å². The maximum Gasteiger partial charge on any atom is 0.269 e. The van der Waals surface area contributed by atoms with Crippen LogP contribution in [0.1, 0.15) is 40.6 Å². The zero-order valence-electron chi connectivity index (χ0n) is 18.3. The van der Waals surface area contributed by atoms with Crippen molar-refractivity contribution in [3.05, 3.63) is 40.3 Å². The molecule has 1 aromatic heterocycles. The Bertz CT molecular complexity index is 1210. The fourth-order valence-electron chi connectivity index (χ4n) is 4.59. The molecule has 33 heavy (non-hydrogen) atoms. The lowest BCUT2D eigenvalue weighted by Gasteiger charge is -2.25. The Morgan fingerprint density at radius 2 is 1.94 bits per heavy atom. The van der Waals surface area contributed by atoms with Crippen LogP contribution in [0.5, 0.6) is 11.5 Å². The minimum atomic E-state index is -3.11. The molecule has 3 heterocycles. The van der Waals surface area contributed by atoms with Crippen LogP contribution >= 0.6 is 11.3 Å². The van der Waals surface area contributed by atoms with E-state index < -0.39 is 22.0 Å². The monoisotopic (exact) mass is 490 g/mol. The molecule has 0 radical (unpaired) electrons. The molecular weight excluding hydrogens is 464 g/mol. The van der Waals surface area contributed by atoms with Crippen LogP contribution < -0.4 is 20.1 Å². The number of fused-ring (bicyclic) bond motifs is 2. The Morgan fingerprint density at radius 1 is 1.15 bits per heavy atom. The van der Waals surface area contributed by atoms with Crippen LogP contribution in [-0.4, -0.2) is 50.5 Å². The maximum atomic E-state index is 13.3. The summed E-state index contributed by atoms with van der Waals surface area (Å²) in [6.07, 6.45) is 2.14. The van der Waals surface area contributed by atoms with Crippen LogP contribution in [-0.2, 0) is 27.5 Å². The lowest BCUT2D eigenvalue weighted by atomic mass is 9.88. The first-order valence-electron chi connectivity index (χ1n) is 11.1. The van der Waals surface area contributed by atoms with Gasteiger partial charge in [-0.2, -0.15) is 0 Å². The number of amides is 2. The molecule has 0 bridgehead atoms. The van der Waals surface area contributed by atoms with E-state index in [2.05, 4.69) is 17.6 Å². The second-order valence-electron chi connectivity index (χ2n) is 8.98. The molecule has 0 spiro atoms. The largest absolute Gasteiger partial charge is 0.485 e. The van der Waals surface area contributed by atoms with Crippen LogP contribution in [0.4, 0.5) is 5.00 Å². The Kier molecular flexibility index (Phi) is 5.82. The third-order valence-corrected chi connectivity index (χ3v) is 9.28. The predicted molar refractivity (Wildman–Crippen MR) is 125 cm³/mol. The van der Waals surface area contributed by atoms with Crippen molar-refractivity contribution in [1.29, 1.82) is 0 Å². The zero-order chi connectivity index (χ0) is 23.2. The lowest BCUT2D eigenvalue weighted by Crippen LogP contribution is -2.41. The van der Waals surface area contributed by atoms with Crippen LogP contribution in [0, 0.1) is 5.92 Å². The van der Waals surface area contributed by atoms with Crippen molar-refractivity contribution < 1.29 is 27.5 Å². The second-order valence-corrected chi connectivity index (χ2v) is 12.3. The molecule has 1 fully saturated rings. The standard InChI is InChI=1S/C23H26N2O6S2/c1-13-6-7-15-19(10-13)32-23(20(15)22(27)24-14-8-9-33(28,29)12-14)25-21(26)18-11-30-16-4-2-3-5-17(16)31-18/h2-5,13-14,18H,6-12H2,1H3,(H,24,27)(H,25,26)/t13-,14+,18+/m0/s1. The highest BCUT2D eigenvalue weighted by molar-refractivity contribution is 7.91. The lowest BCUT2D eigenvalue weighted by molar-refractivity contribution is -0.125. The van der Waals surface area contributed by atoms with E-state index in [4.69, 9.17) is 9.47 Å². The number of benzene rings is 1. The second kappa shape index (κ2) is 8.64. The highest BCUT2D eigenvalue weighted by atomic mass is 32.2. The number of carbonyl (C=O) groups is 2. The number of thiophene rings is 1. The van der Waals surface area contributed by atoms with E-state index in [-0.39, 0.29) is 29.9 Å². The Morgan fingerprint density at radius 3 is 2.70 bits per heavy atom. The summed E-state index contributed by atoms with van der Waals surface area (Å²) in [6.45, 7) is 2.25. The van der Waals surface area contributed by atoms with Crippen LogP contribution in [0.15, 0.2) is 24.3 Å². The molecule has 1 aliphatic carbocycles. The third-order valence-electron chi connectivity index (χ3n) is 6.34. The van der Waals surface area contributed by atoms with Gasteiger partial charge in [-0.3, -0.25) is 9.59 Å². The normalized spacial score (nSPS) is 25.2. The van der Waals surface area contributed by atoms with Gasteiger partial charge in [0.1, 0.15) is 11.6 Å². The summed E-state index contributed by atoms with van der Waals surface area (Å²) < 4.78 is 35.1. The van der Waals surface area contributed by atoms with Gasteiger partial charge in [0.05, 0.1) is 17.1 Å². The first-order chi connectivity index (χ1) is 15.8. The van der Waals surface area contributed by atoms with Gasteiger partial charge < -0.3 is 20.1 Å². The number of hydrogen-bond donors (Lipinski definition) is 2. The quantitative estimate of drug-likeness (QED) is 0.682. The van der Waals surface area contributed by atoms with Crippen molar-refractivity contribution in [3.63, 3.8) is 0 Å². The Balaban J connectivity index is 1.38. The van der Waals surface area contributed by atoms with Gasteiger partial charge >= 0.3 is 0 Å². The molecule has 0 unspecified atom stereocenters. The Hall–Kier alpha value is -2.59. The van der Waals surface area contributed by atoms with Crippen LogP contribution in [0.3, 0.4) is 0 Å².